The third-order valence-electron chi connectivity index (χ3n) is 5.01. The van der Waals surface area contributed by atoms with Crippen LogP contribution in [-0.4, -0.2) is 53.3 Å². The molecule has 1 fully saturated rings. The van der Waals surface area contributed by atoms with E-state index in [4.69, 9.17) is 9.47 Å². The summed E-state index contributed by atoms with van der Waals surface area (Å²) in [5, 5.41) is 11.3. The molecule has 4 heterocycles. The molecule has 8 nitrogen and oxygen atoms in total. The molecule has 3 aromatic heterocycles. The Kier molecular flexibility index (Phi) is 5.02. The van der Waals surface area contributed by atoms with Crippen molar-refractivity contribution in [1.29, 1.82) is 5.26 Å². The van der Waals surface area contributed by atoms with Gasteiger partial charge < -0.3 is 14.8 Å². The second kappa shape index (κ2) is 7.55. The summed E-state index contributed by atoms with van der Waals surface area (Å²) in [6.45, 7) is -0.818. The van der Waals surface area contributed by atoms with E-state index in [2.05, 4.69) is 16.0 Å². The lowest BCUT2D eigenvalue weighted by molar-refractivity contribution is -0.123. The van der Waals surface area contributed by atoms with Gasteiger partial charge >= 0.3 is 6.18 Å². The number of nitrogens with zero attached hydrogens (tertiary/aromatic N) is 4. The quantitative estimate of drug-likeness (QED) is 0.666. The van der Waals surface area contributed by atoms with E-state index in [0.29, 0.717) is 30.1 Å². The normalized spacial score (nSPS) is 15.2. The number of carbonyl (C=O) groups excluding carboxylic acids is 1. The van der Waals surface area contributed by atoms with Gasteiger partial charge in [-0.25, -0.2) is 9.97 Å². The third kappa shape index (κ3) is 3.77. The first-order valence-corrected chi connectivity index (χ1v) is 9.12. The Balaban J connectivity index is 1.65. The van der Waals surface area contributed by atoms with Crippen molar-refractivity contribution in [3.8, 4) is 23.1 Å². The molecule has 1 amide bonds. The molecule has 3 aromatic rings. The van der Waals surface area contributed by atoms with E-state index in [9.17, 15) is 23.2 Å². The summed E-state index contributed by atoms with van der Waals surface area (Å²) in [6.07, 6.45) is 0.184. The molecule has 0 radical (unpaired) electrons. The highest BCUT2D eigenvalue weighted by Gasteiger charge is 2.41. The number of rotatable bonds is 5. The van der Waals surface area contributed by atoms with Crippen LogP contribution in [0, 0.1) is 11.3 Å². The Morgan fingerprint density at radius 2 is 2.13 bits per heavy atom. The van der Waals surface area contributed by atoms with Crippen molar-refractivity contribution in [3.63, 3.8) is 0 Å². The number of alkyl halides is 3. The molecule has 0 spiro atoms. The van der Waals surface area contributed by atoms with Crippen molar-refractivity contribution in [2.45, 2.75) is 11.6 Å². The summed E-state index contributed by atoms with van der Waals surface area (Å²) >= 11 is 0. The Bertz CT molecular complexity index is 1190. The van der Waals surface area contributed by atoms with Crippen molar-refractivity contribution in [2.75, 3.05) is 26.9 Å². The minimum absolute atomic E-state index is 0.0267. The zero-order chi connectivity index (χ0) is 22.2. The first kappa shape index (κ1) is 20.6. The van der Waals surface area contributed by atoms with Gasteiger partial charge in [-0.1, -0.05) is 0 Å². The van der Waals surface area contributed by atoms with E-state index in [1.165, 1.54) is 19.4 Å². The Labute approximate surface area is 174 Å². The lowest BCUT2D eigenvalue weighted by Crippen LogP contribution is -2.45. The van der Waals surface area contributed by atoms with Crippen LogP contribution in [-0.2, 0) is 10.2 Å². The van der Waals surface area contributed by atoms with Crippen molar-refractivity contribution in [2.24, 2.45) is 0 Å². The first-order chi connectivity index (χ1) is 14.8. The van der Waals surface area contributed by atoms with Crippen molar-refractivity contribution < 1.29 is 27.4 Å². The average Bonchev–Trinajstić information content (AvgIpc) is 3.14. The van der Waals surface area contributed by atoms with Crippen LogP contribution in [0.5, 0.6) is 5.75 Å². The smallest absolute Gasteiger partial charge is 0.405 e. The van der Waals surface area contributed by atoms with Gasteiger partial charge in [-0.3, -0.25) is 9.20 Å². The van der Waals surface area contributed by atoms with Gasteiger partial charge in [0.15, 0.2) is 11.4 Å². The fourth-order valence-electron chi connectivity index (χ4n) is 3.27. The van der Waals surface area contributed by atoms with Crippen LogP contribution in [0.1, 0.15) is 16.1 Å². The third-order valence-corrected chi connectivity index (χ3v) is 5.01. The highest BCUT2D eigenvalue weighted by Crippen LogP contribution is 2.33. The number of methoxy groups -OCH3 is 1. The fraction of sp³-hybridized carbons (Fsp3) is 0.300. The minimum Gasteiger partial charge on any atom is -0.494 e. The Hall–Kier alpha value is -3.65. The molecule has 0 unspecified atom stereocenters. The van der Waals surface area contributed by atoms with Gasteiger partial charge in [0.2, 0.25) is 0 Å². The lowest BCUT2D eigenvalue weighted by atomic mass is 9.81. The van der Waals surface area contributed by atoms with Crippen LogP contribution in [0.25, 0.3) is 16.9 Å². The number of nitriles is 1. The number of nitrogens with one attached hydrogen (secondary N) is 1. The number of fused-ring (bicyclic) bond motifs is 1. The Morgan fingerprint density at radius 1 is 1.35 bits per heavy atom. The number of ether oxygens (including phenoxy) is 2. The van der Waals surface area contributed by atoms with E-state index in [-0.39, 0.29) is 11.4 Å². The van der Waals surface area contributed by atoms with E-state index < -0.39 is 24.0 Å². The molecule has 0 saturated carbocycles. The number of pyridine rings is 2. The van der Waals surface area contributed by atoms with Crippen LogP contribution in [0.4, 0.5) is 13.2 Å². The van der Waals surface area contributed by atoms with Crippen molar-refractivity contribution in [3.05, 3.63) is 48.0 Å². The summed E-state index contributed by atoms with van der Waals surface area (Å²) in [7, 11) is 1.30. The molecular weight excluding hydrogens is 415 g/mol. The molecule has 0 bridgehead atoms. The summed E-state index contributed by atoms with van der Waals surface area (Å²) < 4.78 is 49.2. The zero-order valence-corrected chi connectivity index (χ0v) is 16.2. The van der Waals surface area contributed by atoms with E-state index >= 15 is 0 Å². The first-order valence-electron chi connectivity index (χ1n) is 9.12. The standard InChI is InChI=1S/C20H16F3N5O3/c1-30-15-4-12(6-26-17(15)18(29)27-9-20(21,22)23)14-7-25-16-5-13(2-3-28(14)16)19(8-24)10-31-11-19/h2-7H,9-11H2,1H3,(H,27,29). The van der Waals surface area contributed by atoms with Crippen LogP contribution in [0.2, 0.25) is 0 Å². The van der Waals surface area contributed by atoms with Crippen LogP contribution in [0.15, 0.2) is 36.8 Å². The molecule has 31 heavy (non-hydrogen) atoms. The fourth-order valence-corrected chi connectivity index (χ4v) is 3.27. The molecule has 11 heteroatoms. The van der Waals surface area contributed by atoms with Crippen LogP contribution in [0.3, 0.4) is 0 Å². The summed E-state index contributed by atoms with van der Waals surface area (Å²) in [4.78, 5) is 20.4. The number of imidazole rings is 1. The predicted molar refractivity (Wildman–Crippen MR) is 101 cm³/mol. The maximum atomic E-state index is 12.4. The number of amides is 1. The predicted octanol–water partition coefficient (Wildman–Crippen LogP) is 2.49. The maximum Gasteiger partial charge on any atom is 0.405 e. The maximum absolute atomic E-state index is 12.4. The highest BCUT2D eigenvalue weighted by molar-refractivity contribution is 5.95. The second-order valence-electron chi connectivity index (χ2n) is 7.05. The number of hydrogen-bond donors (Lipinski definition) is 1. The second-order valence-corrected chi connectivity index (χ2v) is 7.05. The number of carbonyl (C=O) groups is 1. The molecule has 0 aromatic carbocycles. The van der Waals surface area contributed by atoms with E-state index in [0.717, 1.165) is 5.56 Å². The molecule has 0 atom stereocenters. The minimum atomic E-state index is -4.53. The molecule has 4 rings (SSSR count). The van der Waals surface area contributed by atoms with Gasteiger partial charge in [0, 0.05) is 18.0 Å². The van der Waals surface area contributed by atoms with E-state index in [1.807, 2.05) is 6.07 Å². The van der Waals surface area contributed by atoms with Crippen LogP contribution >= 0.6 is 0 Å². The number of hydrogen-bond acceptors (Lipinski definition) is 6. The monoisotopic (exact) mass is 431 g/mol. The molecule has 1 aliphatic heterocycles. The van der Waals surface area contributed by atoms with Crippen LogP contribution < -0.4 is 10.1 Å². The van der Waals surface area contributed by atoms with Gasteiger partial charge in [0.25, 0.3) is 5.91 Å². The van der Waals surface area contributed by atoms with Gasteiger partial charge in [-0.2, -0.15) is 18.4 Å². The van der Waals surface area contributed by atoms with Crippen molar-refractivity contribution in [1.82, 2.24) is 19.7 Å². The zero-order valence-electron chi connectivity index (χ0n) is 16.2. The molecular formula is C20H16F3N5O3. The molecule has 160 valence electrons. The highest BCUT2D eigenvalue weighted by atomic mass is 19.4. The molecule has 0 aliphatic carbocycles. The summed E-state index contributed by atoms with van der Waals surface area (Å²) in [5.41, 5.74) is 1.65. The van der Waals surface area contributed by atoms with Gasteiger partial charge in [0.05, 0.1) is 38.3 Å². The number of aromatic nitrogens is 3. The molecule has 1 N–H and O–H groups in total. The topological polar surface area (TPSA) is 102 Å². The number of halogens is 3. The molecule has 1 saturated heterocycles. The van der Waals surface area contributed by atoms with Gasteiger partial charge in [-0.15, -0.1) is 0 Å². The van der Waals surface area contributed by atoms with E-state index in [1.54, 1.807) is 28.2 Å². The van der Waals surface area contributed by atoms with Gasteiger partial charge in [-0.05, 0) is 23.8 Å². The summed E-state index contributed by atoms with van der Waals surface area (Å²) in [5.74, 6) is -0.966. The lowest BCUT2D eigenvalue weighted by Gasteiger charge is -2.35. The summed E-state index contributed by atoms with van der Waals surface area (Å²) in [6, 6.07) is 7.41. The van der Waals surface area contributed by atoms with Gasteiger partial charge in [0.1, 0.15) is 17.6 Å². The SMILES string of the molecule is COc1cc(-c2cnc3cc(C4(C#N)COC4)ccn23)cnc1C(=O)NCC(F)(F)F. The average molecular weight is 431 g/mol. The largest absolute Gasteiger partial charge is 0.494 e. The van der Waals surface area contributed by atoms with Crippen molar-refractivity contribution >= 4 is 11.6 Å². The Morgan fingerprint density at radius 3 is 2.74 bits per heavy atom. The molecule has 1 aliphatic rings.